The molecule has 3 N–H and O–H groups in total. The molecule has 0 aromatic heterocycles. The van der Waals surface area contributed by atoms with Gasteiger partial charge in [-0.25, -0.2) is 4.99 Å². The average Bonchev–Trinajstić information content (AvgIpc) is 2.43. The molecular weight excluding hydrogens is 389 g/mol. The van der Waals surface area contributed by atoms with Gasteiger partial charge in [0, 0.05) is 24.7 Å². The van der Waals surface area contributed by atoms with E-state index in [-0.39, 0.29) is 36.5 Å². The van der Waals surface area contributed by atoms with E-state index in [2.05, 4.69) is 15.6 Å². The number of guanidine groups is 1. The molecule has 0 heterocycles. The van der Waals surface area contributed by atoms with Crippen LogP contribution < -0.4 is 10.6 Å². The zero-order chi connectivity index (χ0) is 14.1. The fraction of sp³-hybridized carbons (Fsp3) is 0.500. The largest absolute Gasteiger partial charge is 0.396 e. The third-order valence-corrected chi connectivity index (χ3v) is 3.01. The molecule has 0 radical (unpaired) electrons. The molecule has 0 aliphatic rings. The van der Waals surface area contributed by atoms with Gasteiger partial charge in [0.05, 0.1) is 6.54 Å². The molecule has 0 aliphatic heterocycles. The van der Waals surface area contributed by atoms with Crippen molar-refractivity contribution in [2.45, 2.75) is 20.4 Å². The molecule has 20 heavy (non-hydrogen) atoms. The number of hydrogen-bond donors (Lipinski definition) is 3. The first-order valence-corrected chi connectivity index (χ1v) is 6.91. The lowest BCUT2D eigenvalue weighted by atomic mass is 10.2. The quantitative estimate of drug-likeness (QED) is 0.383. The van der Waals surface area contributed by atoms with E-state index in [1.54, 1.807) is 0 Å². The maximum absolute atomic E-state index is 9.00. The van der Waals surface area contributed by atoms with E-state index >= 15 is 0 Å². The number of aliphatic hydroxyl groups is 1. The standard InChI is InChI=1S/C14H22ClN3O.HI/c1-3-16-14(17-8-11(2)10-19)18-9-12-6-4-5-7-13(12)15;/h4-7,11,19H,3,8-10H2,1-2H3,(H2,16,17,18);1H. The lowest BCUT2D eigenvalue weighted by Gasteiger charge is -2.14. The van der Waals surface area contributed by atoms with Crippen LogP contribution in [0.2, 0.25) is 5.02 Å². The SMILES string of the molecule is CCNC(=NCc1ccccc1Cl)NCC(C)CO.I. The summed E-state index contributed by atoms with van der Waals surface area (Å²) in [5.74, 6) is 0.937. The van der Waals surface area contributed by atoms with Crippen LogP contribution in [0.25, 0.3) is 0 Å². The molecule has 0 saturated carbocycles. The molecule has 0 bridgehead atoms. The number of nitrogens with zero attached hydrogens (tertiary/aromatic N) is 1. The zero-order valence-electron chi connectivity index (χ0n) is 11.9. The summed E-state index contributed by atoms with van der Waals surface area (Å²) in [6.45, 7) is 6.17. The number of halogens is 2. The van der Waals surface area contributed by atoms with Gasteiger partial charge in [-0.2, -0.15) is 0 Å². The first kappa shape index (κ1) is 19.5. The van der Waals surface area contributed by atoms with Crippen molar-refractivity contribution in [2.24, 2.45) is 10.9 Å². The van der Waals surface area contributed by atoms with Crippen LogP contribution in [-0.4, -0.2) is 30.8 Å². The van der Waals surface area contributed by atoms with Gasteiger partial charge < -0.3 is 15.7 Å². The second-order valence-corrected chi connectivity index (χ2v) is 4.86. The second-order valence-electron chi connectivity index (χ2n) is 4.46. The molecule has 1 aromatic rings. The Labute approximate surface area is 143 Å². The maximum Gasteiger partial charge on any atom is 0.191 e. The van der Waals surface area contributed by atoms with Gasteiger partial charge in [-0.15, -0.1) is 24.0 Å². The van der Waals surface area contributed by atoms with Crippen LogP contribution in [0.1, 0.15) is 19.4 Å². The molecular formula is C14H23ClIN3O. The summed E-state index contributed by atoms with van der Waals surface area (Å²) in [5.41, 5.74) is 0.997. The molecule has 0 spiro atoms. The Balaban J connectivity index is 0.00000361. The molecule has 1 unspecified atom stereocenters. The van der Waals surface area contributed by atoms with Crippen LogP contribution in [-0.2, 0) is 6.54 Å². The second kappa shape index (κ2) is 11.2. The molecule has 0 fully saturated rings. The molecule has 114 valence electrons. The molecule has 1 rings (SSSR count). The van der Waals surface area contributed by atoms with Crippen LogP contribution in [0.4, 0.5) is 0 Å². The van der Waals surface area contributed by atoms with E-state index in [1.165, 1.54) is 0 Å². The first-order valence-electron chi connectivity index (χ1n) is 6.53. The molecule has 0 aliphatic carbocycles. The third-order valence-electron chi connectivity index (χ3n) is 2.64. The fourth-order valence-corrected chi connectivity index (χ4v) is 1.66. The Kier molecular flexibility index (Phi) is 10.9. The van der Waals surface area contributed by atoms with E-state index in [9.17, 15) is 0 Å². The van der Waals surface area contributed by atoms with E-state index < -0.39 is 0 Å². The van der Waals surface area contributed by atoms with Crippen molar-refractivity contribution in [1.82, 2.24) is 10.6 Å². The molecule has 1 atom stereocenters. The van der Waals surface area contributed by atoms with Gasteiger partial charge in [0.2, 0.25) is 0 Å². The Hall–Kier alpha value is -0.530. The Morgan fingerprint density at radius 3 is 2.65 bits per heavy atom. The number of benzene rings is 1. The fourth-order valence-electron chi connectivity index (χ4n) is 1.47. The first-order chi connectivity index (χ1) is 9.17. The average molecular weight is 412 g/mol. The Bertz CT molecular complexity index is 415. The highest BCUT2D eigenvalue weighted by molar-refractivity contribution is 14.0. The van der Waals surface area contributed by atoms with Crippen molar-refractivity contribution >= 4 is 41.5 Å². The van der Waals surface area contributed by atoms with Gasteiger partial charge in [0.15, 0.2) is 5.96 Å². The smallest absolute Gasteiger partial charge is 0.191 e. The summed E-state index contributed by atoms with van der Waals surface area (Å²) < 4.78 is 0. The Morgan fingerprint density at radius 1 is 1.35 bits per heavy atom. The number of aliphatic imine (C=N–C) groups is 1. The van der Waals surface area contributed by atoms with Crippen LogP contribution in [0.5, 0.6) is 0 Å². The van der Waals surface area contributed by atoms with Crippen LogP contribution in [0.3, 0.4) is 0 Å². The minimum atomic E-state index is 0. The van der Waals surface area contributed by atoms with Crippen molar-refractivity contribution in [2.75, 3.05) is 19.7 Å². The van der Waals surface area contributed by atoms with E-state index in [4.69, 9.17) is 16.7 Å². The van der Waals surface area contributed by atoms with Crippen molar-refractivity contribution < 1.29 is 5.11 Å². The third kappa shape index (κ3) is 7.31. The lowest BCUT2D eigenvalue weighted by molar-refractivity contribution is 0.238. The highest BCUT2D eigenvalue weighted by Crippen LogP contribution is 2.15. The lowest BCUT2D eigenvalue weighted by Crippen LogP contribution is -2.39. The number of aliphatic hydroxyl groups excluding tert-OH is 1. The highest BCUT2D eigenvalue weighted by atomic mass is 127. The highest BCUT2D eigenvalue weighted by Gasteiger charge is 2.03. The van der Waals surface area contributed by atoms with Gasteiger partial charge in [-0.05, 0) is 24.5 Å². The zero-order valence-corrected chi connectivity index (χ0v) is 15.0. The molecule has 0 saturated heterocycles. The maximum atomic E-state index is 9.00. The van der Waals surface area contributed by atoms with Gasteiger partial charge in [0.1, 0.15) is 0 Å². The van der Waals surface area contributed by atoms with Gasteiger partial charge in [-0.3, -0.25) is 0 Å². The summed E-state index contributed by atoms with van der Waals surface area (Å²) in [6.07, 6.45) is 0. The normalized spacial score (nSPS) is 12.5. The van der Waals surface area contributed by atoms with Crippen molar-refractivity contribution in [1.29, 1.82) is 0 Å². The molecule has 0 amide bonds. The number of hydrogen-bond acceptors (Lipinski definition) is 2. The van der Waals surface area contributed by atoms with E-state index in [0.717, 1.165) is 23.1 Å². The van der Waals surface area contributed by atoms with Crippen LogP contribution in [0, 0.1) is 5.92 Å². The predicted molar refractivity (Wildman–Crippen MR) is 95.9 cm³/mol. The summed E-state index contributed by atoms with van der Waals surface area (Å²) in [5, 5.41) is 16.1. The monoisotopic (exact) mass is 411 g/mol. The Morgan fingerprint density at radius 2 is 2.05 bits per heavy atom. The molecule has 1 aromatic carbocycles. The van der Waals surface area contributed by atoms with E-state index in [0.29, 0.717) is 13.1 Å². The summed E-state index contributed by atoms with van der Waals surface area (Å²) in [6, 6.07) is 7.68. The van der Waals surface area contributed by atoms with Crippen molar-refractivity contribution in [3.8, 4) is 0 Å². The summed E-state index contributed by atoms with van der Waals surface area (Å²) in [4.78, 5) is 4.48. The van der Waals surface area contributed by atoms with Gasteiger partial charge >= 0.3 is 0 Å². The predicted octanol–water partition coefficient (Wildman–Crippen LogP) is 2.64. The summed E-state index contributed by atoms with van der Waals surface area (Å²) in [7, 11) is 0. The van der Waals surface area contributed by atoms with E-state index in [1.807, 2.05) is 38.1 Å². The van der Waals surface area contributed by atoms with Crippen LogP contribution in [0.15, 0.2) is 29.3 Å². The van der Waals surface area contributed by atoms with Gasteiger partial charge in [0.25, 0.3) is 0 Å². The molecule has 4 nitrogen and oxygen atoms in total. The number of nitrogens with one attached hydrogen (secondary N) is 2. The van der Waals surface area contributed by atoms with Crippen molar-refractivity contribution in [3.63, 3.8) is 0 Å². The van der Waals surface area contributed by atoms with Crippen molar-refractivity contribution in [3.05, 3.63) is 34.9 Å². The minimum Gasteiger partial charge on any atom is -0.396 e. The number of rotatable bonds is 6. The van der Waals surface area contributed by atoms with Gasteiger partial charge in [-0.1, -0.05) is 36.7 Å². The molecule has 6 heteroatoms. The minimum absolute atomic E-state index is 0. The van der Waals surface area contributed by atoms with Crippen LogP contribution >= 0.6 is 35.6 Å². The topological polar surface area (TPSA) is 56.7 Å². The summed E-state index contributed by atoms with van der Waals surface area (Å²) >= 11 is 6.09.